The molecule has 0 aromatic heterocycles. The lowest BCUT2D eigenvalue weighted by Gasteiger charge is -2.11. The van der Waals surface area contributed by atoms with E-state index in [9.17, 15) is 4.79 Å². The minimum absolute atomic E-state index is 0.00503. The first-order valence-electron chi connectivity index (χ1n) is 6.17. The highest BCUT2D eigenvalue weighted by atomic mass is 16.1. The number of rotatable bonds is 4. The summed E-state index contributed by atoms with van der Waals surface area (Å²) in [5.41, 5.74) is 6.60. The topological polar surface area (TPSA) is 55.1 Å². The van der Waals surface area contributed by atoms with Crippen LogP contribution in [0.2, 0.25) is 0 Å². The van der Waals surface area contributed by atoms with Crippen LogP contribution in [0.3, 0.4) is 0 Å². The number of amides is 1. The highest BCUT2D eigenvalue weighted by Crippen LogP contribution is 2.18. The average Bonchev–Trinajstić information content (AvgIpc) is 2.43. The number of nitrogens with one attached hydrogen (secondary N) is 1. The Bertz CT molecular complexity index is 546. The number of benzene rings is 2. The molecule has 3 heteroatoms. The second kappa shape index (κ2) is 5.65. The molecule has 1 amide bonds. The van der Waals surface area contributed by atoms with Crippen LogP contribution in [0.5, 0.6) is 0 Å². The molecule has 3 N–H and O–H groups in total. The molecule has 0 aliphatic carbocycles. The van der Waals surface area contributed by atoms with Crippen molar-refractivity contribution in [2.24, 2.45) is 11.7 Å². The molecule has 0 spiro atoms. The molecule has 94 valence electrons. The average molecular weight is 242 g/mol. The van der Waals surface area contributed by atoms with Gasteiger partial charge in [0.25, 0.3) is 0 Å². The molecule has 0 bridgehead atoms. The number of nitrogens with two attached hydrogens (primary N) is 1. The molecule has 3 nitrogen and oxygen atoms in total. The van der Waals surface area contributed by atoms with Gasteiger partial charge in [-0.3, -0.25) is 4.79 Å². The van der Waals surface area contributed by atoms with Gasteiger partial charge in [-0.1, -0.05) is 49.4 Å². The summed E-state index contributed by atoms with van der Waals surface area (Å²) < 4.78 is 0. The van der Waals surface area contributed by atoms with Gasteiger partial charge in [0.05, 0.1) is 0 Å². The maximum atomic E-state index is 11.7. The van der Waals surface area contributed by atoms with Crippen LogP contribution >= 0.6 is 0 Å². The molecule has 0 aliphatic rings. The number of hydrogen-bond donors (Lipinski definition) is 2. The predicted octanol–water partition coefficient (Wildman–Crippen LogP) is 2.05. The summed E-state index contributed by atoms with van der Waals surface area (Å²) in [6.45, 7) is 2.75. The summed E-state index contributed by atoms with van der Waals surface area (Å²) in [7, 11) is 0. The fraction of sp³-hybridized carbons (Fsp3) is 0.267. The van der Waals surface area contributed by atoms with Crippen molar-refractivity contribution in [1.29, 1.82) is 0 Å². The Kier molecular flexibility index (Phi) is 3.95. The first-order valence-corrected chi connectivity index (χ1v) is 6.17. The zero-order valence-corrected chi connectivity index (χ0v) is 10.5. The summed E-state index contributed by atoms with van der Waals surface area (Å²) in [4.78, 5) is 11.7. The lowest BCUT2D eigenvalue weighted by molar-refractivity contribution is -0.124. The molecule has 18 heavy (non-hydrogen) atoms. The van der Waals surface area contributed by atoms with Gasteiger partial charge < -0.3 is 11.1 Å². The number of hydrogen-bond acceptors (Lipinski definition) is 2. The monoisotopic (exact) mass is 242 g/mol. The molecule has 0 saturated carbocycles. The van der Waals surface area contributed by atoms with E-state index in [4.69, 9.17) is 5.73 Å². The molecular weight excluding hydrogens is 224 g/mol. The minimum atomic E-state index is -0.139. The molecule has 2 aromatic carbocycles. The first kappa shape index (κ1) is 12.6. The lowest BCUT2D eigenvalue weighted by atomic mass is 10.0. The Morgan fingerprint density at radius 3 is 2.72 bits per heavy atom. The fourth-order valence-electron chi connectivity index (χ4n) is 1.91. The molecule has 0 aliphatic heterocycles. The van der Waals surface area contributed by atoms with E-state index in [2.05, 4.69) is 23.5 Å². The van der Waals surface area contributed by atoms with Crippen molar-refractivity contribution >= 4 is 16.7 Å². The normalized spacial score (nSPS) is 12.3. The van der Waals surface area contributed by atoms with E-state index in [1.54, 1.807) is 0 Å². The third-order valence-corrected chi connectivity index (χ3v) is 3.13. The van der Waals surface area contributed by atoms with E-state index in [0.717, 1.165) is 5.56 Å². The fourth-order valence-corrected chi connectivity index (χ4v) is 1.91. The largest absolute Gasteiger partial charge is 0.352 e. The maximum absolute atomic E-state index is 11.7. The summed E-state index contributed by atoms with van der Waals surface area (Å²) >= 11 is 0. The second-order valence-electron chi connectivity index (χ2n) is 4.49. The number of carbonyl (C=O) groups excluding carboxylic acids is 1. The first-order chi connectivity index (χ1) is 8.72. The van der Waals surface area contributed by atoms with E-state index >= 15 is 0 Å². The summed E-state index contributed by atoms with van der Waals surface area (Å²) in [6.07, 6.45) is 0. The van der Waals surface area contributed by atoms with Crippen molar-refractivity contribution in [2.45, 2.75) is 13.5 Å². The van der Waals surface area contributed by atoms with Crippen molar-refractivity contribution in [1.82, 2.24) is 5.32 Å². The van der Waals surface area contributed by atoms with Crippen LogP contribution in [0, 0.1) is 5.92 Å². The third kappa shape index (κ3) is 2.68. The molecule has 2 rings (SSSR count). The van der Waals surface area contributed by atoms with Gasteiger partial charge in [-0.05, 0) is 16.3 Å². The van der Waals surface area contributed by atoms with Crippen molar-refractivity contribution < 1.29 is 4.79 Å². The zero-order valence-electron chi connectivity index (χ0n) is 10.5. The van der Waals surface area contributed by atoms with Crippen LogP contribution in [0.15, 0.2) is 42.5 Å². The summed E-state index contributed by atoms with van der Waals surface area (Å²) in [6, 6.07) is 14.3. The van der Waals surface area contributed by atoms with Gasteiger partial charge in [0, 0.05) is 19.0 Å². The standard InChI is InChI=1S/C15H18N2O/c1-11(9-16)15(18)17-10-13-7-4-6-12-5-2-3-8-14(12)13/h2-8,11H,9-10,16H2,1H3,(H,17,18). The van der Waals surface area contributed by atoms with E-state index in [1.807, 2.05) is 31.2 Å². The third-order valence-electron chi connectivity index (χ3n) is 3.13. The molecule has 1 atom stereocenters. The maximum Gasteiger partial charge on any atom is 0.224 e. The predicted molar refractivity (Wildman–Crippen MR) is 74.0 cm³/mol. The molecular formula is C15H18N2O. The Hall–Kier alpha value is -1.87. The van der Waals surface area contributed by atoms with Gasteiger partial charge in [0.2, 0.25) is 5.91 Å². The van der Waals surface area contributed by atoms with Crippen molar-refractivity contribution in [3.05, 3.63) is 48.0 Å². The molecule has 1 unspecified atom stereocenters. The number of fused-ring (bicyclic) bond motifs is 1. The minimum Gasteiger partial charge on any atom is -0.352 e. The van der Waals surface area contributed by atoms with E-state index in [1.165, 1.54) is 10.8 Å². The van der Waals surface area contributed by atoms with Gasteiger partial charge >= 0.3 is 0 Å². The van der Waals surface area contributed by atoms with Gasteiger partial charge in [0.1, 0.15) is 0 Å². The molecule has 0 saturated heterocycles. The van der Waals surface area contributed by atoms with Gasteiger partial charge in [-0.2, -0.15) is 0 Å². The van der Waals surface area contributed by atoms with Crippen LogP contribution in [0.4, 0.5) is 0 Å². The van der Waals surface area contributed by atoms with E-state index in [0.29, 0.717) is 13.1 Å². The van der Waals surface area contributed by atoms with Gasteiger partial charge in [-0.25, -0.2) is 0 Å². The van der Waals surface area contributed by atoms with Crippen LogP contribution in [0.25, 0.3) is 10.8 Å². The Balaban J connectivity index is 2.15. The quantitative estimate of drug-likeness (QED) is 0.862. The second-order valence-corrected chi connectivity index (χ2v) is 4.49. The Labute approximate surface area is 107 Å². The zero-order chi connectivity index (χ0) is 13.0. The van der Waals surface area contributed by atoms with E-state index < -0.39 is 0 Å². The lowest BCUT2D eigenvalue weighted by Crippen LogP contribution is -2.32. The van der Waals surface area contributed by atoms with Crippen molar-refractivity contribution in [2.75, 3.05) is 6.54 Å². The van der Waals surface area contributed by atoms with Crippen LogP contribution in [0.1, 0.15) is 12.5 Å². The Morgan fingerprint density at radius 2 is 1.94 bits per heavy atom. The van der Waals surface area contributed by atoms with Crippen molar-refractivity contribution in [3.63, 3.8) is 0 Å². The highest BCUT2D eigenvalue weighted by Gasteiger charge is 2.10. The summed E-state index contributed by atoms with van der Waals surface area (Å²) in [5.74, 6) is -0.134. The van der Waals surface area contributed by atoms with Gasteiger partial charge in [0.15, 0.2) is 0 Å². The molecule has 0 heterocycles. The van der Waals surface area contributed by atoms with E-state index in [-0.39, 0.29) is 11.8 Å². The van der Waals surface area contributed by atoms with Crippen molar-refractivity contribution in [3.8, 4) is 0 Å². The molecule has 0 radical (unpaired) electrons. The highest BCUT2D eigenvalue weighted by molar-refractivity contribution is 5.86. The SMILES string of the molecule is CC(CN)C(=O)NCc1cccc2ccccc12. The van der Waals surface area contributed by atoms with Crippen LogP contribution < -0.4 is 11.1 Å². The van der Waals surface area contributed by atoms with Crippen LogP contribution in [-0.2, 0) is 11.3 Å². The smallest absolute Gasteiger partial charge is 0.224 e. The molecule has 0 fully saturated rings. The number of carbonyl (C=O) groups is 1. The molecule has 2 aromatic rings. The summed E-state index contributed by atoms with van der Waals surface area (Å²) in [5, 5.41) is 5.29. The van der Waals surface area contributed by atoms with Crippen LogP contribution in [-0.4, -0.2) is 12.5 Å². The Morgan fingerprint density at radius 1 is 1.22 bits per heavy atom. The van der Waals surface area contributed by atoms with Gasteiger partial charge in [-0.15, -0.1) is 0 Å².